The molecule has 0 aliphatic rings. The average molecular weight is 529 g/mol. The first-order valence-electron chi connectivity index (χ1n) is 7.34. The van der Waals surface area contributed by atoms with Gasteiger partial charge in [-0.1, -0.05) is 0 Å². The molecule has 0 aromatic heterocycles. The van der Waals surface area contributed by atoms with Crippen molar-refractivity contribution in [3.63, 3.8) is 0 Å². The summed E-state index contributed by atoms with van der Waals surface area (Å²) in [5.74, 6) is -47.3. The van der Waals surface area contributed by atoms with Gasteiger partial charge < -0.3 is 0 Å². The van der Waals surface area contributed by atoms with Crippen LogP contribution in [-0.4, -0.2) is 36.0 Å². The standard InChI is InChI=1S/C14H3F18O/c15-7(16,9(19,20)11(23,24)13(27,28)29)4-1-2-6(33)5(3-4)8(17,18)10(21,22)12(25,26)14(30,31)32/h1-3H. The summed E-state index contributed by atoms with van der Waals surface area (Å²) in [4.78, 5) is 0. The van der Waals surface area contributed by atoms with Gasteiger partial charge in [-0.2, -0.15) is 79.0 Å². The fourth-order valence-corrected chi connectivity index (χ4v) is 2.07. The molecule has 33 heavy (non-hydrogen) atoms. The molecule has 0 atom stereocenters. The van der Waals surface area contributed by atoms with Crippen molar-refractivity contribution < 1.29 is 84.1 Å². The predicted octanol–water partition coefficient (Wildman–Crippen LogP) is 7.68. The maximum Gasteiger partial charge on any atom is 0.460 e. The van der Waals surface area contributed by atoms with Gasteiger partial charge in [-0.15, -0.1) is 0 Å². The Morgan fingerprint density at radius 1 is 0.455 bits per heavy atom. The molecule has 0 aliphatic carbocycles. The minimum Gasteiger partial charge on any atom is -0.289 e. The van der Waals surface area contributed by atoms with Gasteiger partial charge in [0.1, 0.15) is 0 Å². The highest BCUT2D eigenvalue weighted by atomic mass is 19.4. The molecule has 0 fully saturated rings. The number of benzene rings is 1. The number of hydrogen-bond acceptors (Lipinski definition) is 0. The Morgan fingerprint density at radius 2 is 0.788 bits per heavy atom. The Kier molecular flexibility index (Phi) is 6.44. The van der Waals surface area contributed by atoms with E-state index >= 15 is 0 Å². The maximum absolute atomic E-state index is 13.8. The molecule has 0 amide bonds. The average Bonchev–Trinajstić information content (AvgIpc) is 2.59. The zero-order chi connectivity index (χ0) is 26.9. The van der Waals surface area contributed by atoms with Crippen LogP contribution in [-0.2, 0) is 17.0 Å². The molecule has 0 saturated heterocycles. The zero-order valence-corrected chi connectivity index (χ0v) is 14.4. The van der Waals surface area contributed by atoms with Crippen molar-refractivity contribution in [2.24, 2.45) is 0 Å². The highest BCUT2D eigenvalue weighted by Gasteiger charge is 2.84. The van der Waals surface area contributed by atoms with E-state index in [2.05, 4.69) is 0 Å². The van der Waals surface area contributed by atoms with Crippen LogP contribution in [0.25, 0.3) is 0 Å². The predicted molar refractivity (Wildman–Crippen MR) is 66.3 cm³/mol. The van der Waals surface area contributed by atoms with Crippen LogP contribution in [0.15, 0.2) is 18.2 Å². The highest BCUT2D eigenvalue weighted by Crippen LogP contribution is 2.60. The van der Waals surface area contributed by atoms with Crippen LogP contribution in [0.4, 0.5) is 79.0 Å². The second-order valence-electron chi connectivity index (χ2n) is 6.15. The Labute approximate surface area is 168 Å². The Bertz CT molecular complexity index is 877. The van der Waals surface area contributed by atoms with Crippen molar-refractivity contribution >= 4 is 0 Å². The third-order valence-electron chi connectivity index (χ3n) is 3.97. The van der Waals surface area contributed by atoms with Gasteiger partial charge in [0.15, 0.2) is 5.75 Å². The Morgan fingerprint density at radius 3 is 1.12 bits per heavy atom. The molecule has 1 aromatic rings. The van der Waals surface area contributed by atoms with Crippen LogP contribution in [0.5, 0.6) is 5.75 Å². The van der Waals surface area contributed by atoms with E-state index in [-0.39, 0.29) is 0 Å². The number of halogens is 18. The molecule has 0 unspecified atom stereocenters. The lowest BCUT2D eigenvalue weighted by atomic mass is 9.90. The summed E-state index contributed by atoms with van der Waals surface area (Å²) in [6.45, 7) is 0. The molecule has 0 bridgehead atoms. The summed E-state index contributed by atoms with van der Waals surface area (Å²) >= 11 is 0. The van der Waals surface area contributed by atoms with Crippen LogP contribution in [0.2, 0.25) is 0 Å². The lowest BCUT2D eigenvalue weighted by molar-refractivity contribution is -0.400. The third-order valence-corrected chi connectivity index (χ3v) is 3.97. The quantitative estimate of drug-likeness (QED) is 0.337. The first-order valence-corrected chi connectivity index (χ1v) is 7.34. The van der Waals surface area contributed by atoms with Gasteiger partial charge >= 0.3 is 47.9 Å². The highest BCUT2D eigenvalue weighted by molar-refractivity contribution is 5.43. The molecule has 1 nitrogen and oxygen atoms in total. The normalized spacial score (nSPS) is 15.7. The second-order valence-corrected chi connectivity index (χ2v) is 6.15. The smallest absolute Gasteiger partial charge is 0.289 e. The van der Waals surface area contributed by atoms with Gasteiger partial charge in [-0.05, 0) is 18.2 Å². The monoisotopic (exact) mass is 529 g/mol. The fourth-order valence-electron chi connectivity index (χ4n) is 2.07. The van der Waals surface area contributed by atoms with Gasteiger partial charge in [-0.25, -0.2) is 0 Å². The van der Waals surface area contributed by atoms with Crippen LogP contribution in [0.3, 0.4) is 0 Å². The molecule has 191 valence electrons. The minimum atomic E-state index is -7.68. The molecule has 0 aliphatic heterocycles. The SMILES string of the molecule is [O]c1ccc(C(F)(F)C(F)(F)C(F)(F)C(F)(F)F)cc1C(F)(F)C(F)(F)C(F)(F)C(F)(F)F. The van der Waals surface area contributed by atoms with E-state index in [1.807, 2.05) is 0 Å². The van der Waals surface area contributed by atoms with E-state index in [4.69, 9.17) is 0 Å². The van der Waals surface area contributed by atoms with Crippen molar-refractivity contribution in [2.45, 2.75) is 47.9 Å². The molecule has 19 heteroatoms. The molecule has 1 radical (unpaired) electrons. The summed E-state index contributed by atoms with van der Waals surface area (Å²) in [7, 11) is 0. The first-order chi connectivity index (χ1) is 14.1. The van der Waals surface area contributed by atoms with Crippen LogP contribution in [0.1, 0.15) is 11.1 Å². The number of alkyl halides is 18. The van der Waals surface area contributed by atoms with Crippen molar-refractivity contribution in [1.29, 1.82) is 0 Å². The van der Waals surface area contributed by atoms with Crippen molar-refractivity contribution in [3.05, 3.63) is 29.3 Å². The van der Waals surface area contributed by atoms with Gasteiger partial charge in [-0.3, -0.25) is 5.11 Å². The molecule has 0 N–H and O–H groups in total. The third kappa shape index (κ3) is 3.89. The molecule has 0 spiro atoms. The fraction of sp³-hybridized carbons (Fsp3) is 0.571. The summed E-state index contributed by atoms with van der Waals surface area (Å²) in [5, 5.41) is 11.3. The Balaban J connectivity index is 3.80. The maximum atomic E-state index is 13.8. The van der Waals surface area contributed by atoms with E-state index in [1.54, 1.807) is 0 Å². The van der Waals surface area contributed by atoms with Crippen LogP contribution >= 0.6 is 0 Å². The summed E-state index contributed by atoms with van der Waals surface area (Å²) in [5.41, 5.74) is -6.60. The van der Waals surface area contributed by atoms with E-state index in [9.17, 15) is 84.1 Å². The lowest BCUT2D eigenvalue weighted by Crippen LogP contribution is -2.60. The molecule has 1 rings (SSSR count). The van der Waals surface area contributed by atoms with Gasteiger partial charge in [0.2, 0.25) is 0 Å². The summed E-state index contributed by atoms with van der Waals surface area (Å²) in [6, 6.07) is -3.29. The topological polar surface area (TPSA) is 19.9 Å². The Hall–Kier alpha value is -2.24. The number of rotatable bonds is 6. The van der Waals surface area contributed by atoms with E-state index in [0.717, 1.165) is 0 Å². The van der Waals surface area contributed by atoms with E-state index in [0.29, 0.717) is 0 Å². The first kappa shape index (κ1) is 28.8. The second kappa shape index (κ2) is 7.38. The summed E-state index contributed by atoms with van der Waals surface area (Å²) < 4.78 is 233. The molecule has 0 saturated carbocycles. The zero-order valence-electron chi connectivity index (χ0n) is 14.4. The molecular weight excluding hydrogens is 526 g/mol. The molecule has 0 heterocycles. The largest absolute Gasteiger partial charge is 0.460 e. The van der Waals surface area contributed by atoms with Gasteiger partial charge in [0.05, 0.1) is 5.56 Å². The number of hydrogen-bond donors (Lipinski definition) is 0. The van der Waals surface area contributed by atoms with E-state index < -0.39 is 83.0 Å². The van der Waals surface area contributed by atoms with Crippen molar-refractivity contribution in [2.75, 3.05) is 0 Å². The molecule has 1 aromatic carbocycles. The summed E-state index contributed by atoms with van der Waals surface area (Å²) in [6.07, 6.45) is -14.9. The minimum absolute atomic E-state index is 0.831. The van der Waals surface area contributed by atoms with Crippen molar-refractivity contribution in [1.82, 2.24) is 0 Å². The van der Waals surface area contributed by atoms with Gasteiger partial charge in [0, 0.05) is 5.56 Å². The van der Waals surface area contributed by atoms with Crippen LogP contribution < -0.4 is 0 Å². The van der Waals surface area contributed by atoms with Crippen LogP contribution in [0, 0.1) is 0 Å². The lowest BCUT2D eigenvalue weighted by Gasteiger charge is -2.35. The molecular formula is C14H3F18O. The van der Waals surface area contributed by atoms with E-state index in [1.165, 1.54) is 0 Å². The van der Waals surface area contributed by atoms with Gasteiger partial charge in [0.25, 0.3) is 0 Å². The van der Waals surface area contributed by atoms with Crippen molar-refractivity contribution in [3.8, 4) is 5.75 Å².